The van der Waals surface area contributed by atoms with Crippen LogP contribution < -0.4 is 4.90 Å². The van der Waals surface area contributed by atoms with E-state index >= 15 is 0 Å². The molecule has 1 saturated heterocycles. The lowest BCUT2D eigenvalue weighted by atomic mass is 10.0. The van der Waals surface area contributed by atoms with Gasteiger partial charge in [-0.15, -0.1) is 0 Å². The van der Waals surface area contributed by atoms with Crippen molar-refractivity contribution < 1.29 is 9.63 Å². The molecule has 2 fully saturated rings. The highest BCUT2D eigenvalue weighted by Gasteiger charge is 2.40. The SMILES string of the molecule is Oc1cccc2c1N1CCCC1c1c(-c3noc(C4CC4)n3)ncn1-2. The minimum Gasteiger partial charge on any atom is -0.506 e. The molecule has 1 unspecified atom stereocenters. The standard InChI is InChI=1S/C18H17N5O2/c24-13-5-1-3-11-15(13)22-8-2-4-12(22)16-14(19-9-23(11)16)17-20-18(25-21-17)10-6-7-10/h1,3,5,9-10,12,24H,2,4,6-8H2. The molecule has 2 aromatic heterocycles. The maximum Gasteiger partial charge on any atom is 0.230 e. The van der Waals surface area contributed by atoms with E-state index in [0.29, 0.717) is 17.5 Å². The molecule has 0 amide bonds. The number of benzene rings is 1. The molecular weight excluding hydrogens is 318 g/mol. The Labute approximate surface area is 143 Å². The van der Waals surface area contributed by atoms with E-state index in [9.17, 15) is 5.11 Å². The van der Waals surface area contributed by atoms with Crippen LogP contribution in [0, 0.1) is 0 Å². The number of fused-ring (bicyclic) bond motifs is 6. The fourth-order valence-corrected chi connectivity index (χ4v) is 4.19. The number of hydrogen-bond donors (Lipinski definition) is 1. The van der Waals surface area contributed by atoms with Crippen LogP contribution in [-0.4, -0.2) is 31.3 Å². The highest BCUT2D eigenvalue weighted by molar-refractivity contribution is 5.76. The third-order valence-electron chi connectivity index (χ3n) is 5.49. The van der Waals surface area contributed by atoms with Gasteiger partial charge < -0.3 is 14.5 Å². The van der Waals surface area contributed by atoms with E-state index in [1.54, 1.807) is 6.07 Å². The van der Waals surface area contributed by atoms with E-state index in [-0.39, 0.29) is 6.04 Å². The van der Waals surface area contributed by atoms with Gasteiger partial charge >= 0.3 is 0 Å². The van der Waals surface area contributed by atoms with Gasteiger partial charge in [-0.1, -0.05) is 11.2 Å². The van der Waals surface area contributed by atoms with Gasteiger partial charge in [0.25, 0.3) is 0 Å². The molecule has 3 aromatic rings. The van der Waals surface area contributed by atoms with E-state index < -0.39 is 0 Å². The maximum atomic E-state index is 10.4. The lowest BCUT2D eigenvalue weighted by Crippen LogP contribution is -2.30. The predicted octanol–water partition coefficient (Wildman–Crippen LogP) is 3.16. The van der Waals surface area contributed by atoms with Crippen molar-refractivity contribution in [3.05, 3.63) is 36.1 Å². The summed E-state index contributed by atoms with van der Waals surface area (Å²) in [6, 6.07) is 5.82. The van der Waals surface area contributed by atoms with Crippen LogP contribution in [0.15, 0.2) is 29.0 Å². The number of rotatable bonds is 2. The molecule has 7 nitrogen and oxygen atoms in total. The molecule has 4 heterocycles. The molecule has 0 radical (unpaired) electrons. The second kappa shape index (κ2) is 4.62. The summed E-state index contributed by atoms with van der Waals surface area (Å²) in [5.41, 5.74) is 3.74. The monoisotopic (exact) mass is 335 g/mol. The number of aromatic hydroxyl groups is 1. The highest BCUT2D eigenvalue weighted by Crippen LogP contribution is 2.50. The van der Waals surface area contributed by atoms with Crippen LogP contribution in [0.25, 0.3) is 17.2 Å². The van der Waals surface area contributed by atoms with Crippen molar-refractivity contribution in [2.45, 2.75) is 37.6 Å². The van der Waals surface area contributed by atoms with Gasteiger partial charge in [0.1, 0.15) is 23.5 Å². The van der Waals surface area contributed by atoms with Crippen molar-refractivity contribution in [3.8, 4) is 23.0 Å². The molecular formula is C18H17N5O2. The quantitative estimate of drug-likeness (QED) is 0.775. The zero-order chi connectivity index (χ0) is 16.5. The molecule has 2 aliphatic heterocycles. The molecule has 1 N–H and O–H groups in total. The number of phenols is 1. The first-order chi connectivity index (χ1) is 12.3. The second-order valence-electron chi connectivity index (χ2n) is 7.08. The van der Waals surface area contributed by atoms with Gasteiger partial charge in [-0.05, 0) is 37.8 Å². The van der Waals surface area contributed by atoms with Crippen LogP contribution in [0.3, 0.4) is 0 Å². The molecule has 3 aliphatic rings. The normalized spacial score (nSPS) is 21.1. The lowest BCUT2D eigenvalue weighted by Gasteiger charge is -2.35. The average Bonchev–Trinajstić information content (AvgIpc) is 3.03. The molecule has 1 saturated carbocycles. The van der Waals surface area contributed by atoms with Gasteiger partial charge in [-0.3, -0.25) is 4.57 Å². The van der Waals surface area contributed by atoms with Crippen molar-refractivity contribution in [2.75, 3.05) is 11.4 Å². The summed E-state index contributed by atoms with van der Waals surface area (Å²) in [4.78, 5) is 11.5. The molecule has 0 spiro atoms. The topological polar surface area (TPSA) is 80.2 Å². The van der Waals surface area contributed by atoms with Crippen LogP contribution in [0.5, 0.6) is 5.75 Å². The molecule has 7 heteroatoms. The van der Waals surface area contributed by atoms with Crippen molar-refractivity contribution in [1.82, 2.24) is 19.7 Å². The Kier molecular flexibility index (Phi) is 2.49. The minimum atomic E-state index is 0.182. The summed E-state index contributed by atoms with van der Waals surface area (Å²) in [5.74, 6) is 2.06. The molecule has 126 valence electrons. The fraction of sp³-hybridized carbons (Fsp3) is 0.389. The molecule has 6 rings (SSSR count). The fourth-order valence-electron chi connectivity index (χ4n) is 4.19. The second-order valence-corrected chi connectivity index (χ2v) is 7.08. The zero-order valence-electron chi connectivity index (χ0n) is 13.6. The van der Waals surface area contributed by atoms with Crippen molar-refractivity contribution in [2.24, 2.45) is 0 Å². The Morgan fingerprint density at radius 3 is 3.00 bits per heavy atom. The van der Waals surface area contributed by atoms with Gasteiger partial charge in [-0.2, -0.15) is 4.98 Å². The Morgan fingerprint density at radius 1 is 1.20 bits per heavy atom. The summed E-state index contributed by atoms with van der Waals surface area (Å²) in [7, 11) is 0. The summed E-state index contributed by atoms with van der Waals surface area (Å²) in [6.07, 6.45) is 6.19. The molecule has 1 aliphatic carbocycles. The van der Waals surface area contributed by atoms with E-state index in [4.69, 9.17) is 4.52 Å². The summed E-state index contributed by atoms with van der Waals surface area (Å²) in [5, 5.41) is 14.6. The summed E-state index contributed by atoms with van der Waals surface area (Å²) < 4.78 is 7.51. The number of para-hydroxylation sites is 1. The van der Waals surface area contributed by atoms with Gasteiger partial charge in [0, 0.05) is 12.5 Å². The predicted molar refractivity (Wildman–Crippen MR) is 89.8 cm³/mol. The molecule has 1 atom stereocenters. The number of hydrogen-bond acceptors (Lipinski definition) is 6. The van der Waals surface area contributed by atoms with Gasteiger partial charge in [-0.25, -0.2) is 4.98 Å². The van der Waals surface area contributed by atoms with Crippen LogP contribution in [0.2, 0.25) is 0 Å². The first-order valence-electron chi connectivity index (χ1n) is 8.81. The molecule has 0 bridgehead atoms. The average molecular weight is 335 g/mol. The van der Waals surface area contributed by atoms with Gasteiger partial charge in [0.05, 0.1) is 17.4 Å². The molecule has 1 aromatic carbocycles. The Hall–Kier alpha value is -2.83. The zero-order valence-corrected chi connectivity index (χ0v) is 13.6. The molecule has 25 heavy (non-hydrogen) atoms. The van der Waals surface area contributed by atoms with E-state index in [2.05, 4.69) is 24.6 Å². The first kappa shape index (κ1) is 13.5. The van der Waals surface area contributed by atoms with Crippen LogP contribution in [0.1, 0.15) is 49.2 Å². The van der Waals surface area contributed by atoms with E-state index in [1.807, 2.05) is 18.5 Å². The lowest BCUT2D eigenvalue weighted by molar-refractivity contribution is 0.380. The minimum absolute atomic E-state index is 0.182. The Bertz CT molecular complexity index is 987. The van der Waals surface area contributed by atoms with E-state index in [1.165, 1.54) is 0 Å². The van der Waals surface area contributed by atoms with Gasteiger partial charge in [0.2, 0.25) is 11.7 Å². The summed E-state index contributed by atoms with van der Waals surface area (Å²) >= 11 is 0. The van der Waals surface area contributed by atoms with Crippen molar-refractivity contribution >= 4 is 5.69 Å². The largest absolute Gasteiger partial charge is 0.506 e. The van der Waals surface area contributed by atoms with E-state index in [0.717, 1.165) is 60.9 Å². The third-order valence-corrected chi connectivity index (χ3v) is 5.49. The number of anilines is 1. The third kappa shape index (κ3) is 1.78. The smallest absolute Gasteiger partial charge is 0.230 e. The van der Waals surface area contributed by atoms with Crippen molar-refractivity contribution in [3.63, 3.8) is 0 Å². The first-order valence-corrected chi connectivity index (χ1v) is 8.81. The maximum absolute atomic E-state index is 10.4. The Morgan fingerprint density at radius 2 is 2.12 bits per heavy atom. The van der Waals surface area contributed by atoms with Crippen LogP contribution in [0.4, 0.5) is 5.69 Å². The van der Waals surface area contributed by atoms with Crippen LogP contribution >= 0.6 is 0 Å². The number of phenolic OH excluding ortho intramolecular Hbond substituents is 1. The Balaban J connectivity index is 1.56. The number of nitrogens with zero attached hydrogens (tertiary/aromatic N) is 5. The number of imidazole rings is 1. The summed E-state index contributed by atoms with van der Waals surface area (Å²) in [6.45, 7) is 0.930. The highest BCUT2D eigenvalue weighted by atomic mass is 16.5. The number of aromatic nitrogens is 4. The van der Waals surface area contributed by atoms with Crippen molar-refractivity contribution in [1.29, 1.82) is 0 Å². The van der Waals surface area contributed by atoms with Gasteiger partial charge in [0.15, 0.2) is 0 Å². The van der Waals surface area contributed by atoms with Crippen LogP contribution in [-0.2, 0) is 0 Å².